The van der Waals surface area contributed by atoms with Crippen LogP contribution in [0.3, 0.4) is 0 Å². The number of pyridine rings is 1. The quantitative estimate of drug-likeness (QED) is 0.413. The van der Waals surface area contributed by atoms with E-state index in [2.05, 4.69) is 34.2 Å². The van der Waals surface area contributed by atoms with Gasteiger partial charge in [-0.25, -0.2) is 0 Å². The molecule has 1 aliphatic rings. The van der Waals surface area contributed by atoms with E-state index in [1.54, 1.807) is 32.8 Å². The van der Waals surface area contributed by atoms with E-state index < -0.39 is 0 Å². The minimum atomic E-state index is 0.265. The Hall–Kier alpha value is -3.28. The SMILES string of the molecule is C\C=C(/C=C(\C=C\OC)OC)N(CCCN1CCCC1=O)c1ccc2ncccc2c1. The number of carbonyl (C=O) groups excluding carboxylic acids is 1. The molecule has 0 aliphatic carbocycles. The van der Waals surface area contributed by atoms with E-state index in [1.165, 1.54) is 0 Å². The van der Waals surface area contributed by atoms with Gasteiger partial charge in [0.15, 0.2) is 0 Å². The number of hydrogen-bond acceptors (Lipinski definition) is 5. The Balaban J connectivity index is 1.88. The lowest BCUT2D eigenvalue weighted by atomic mass is 10.1. The fourth-order valence-corrected chi connectivity index (χ4v) is 3.77. The number of methoxy groups -OCH3 is 2. The predicted octanol–water partition coefficient (Wildman–Crippen LogP) is 4.65. The molecule has 6 nitrogen and oxygen atoms in total. The zero-order chi connectivity index (χ0) is 22.1. The van der Waals surface area contributed by atoms with E-state index in [1.807, 2.05) is 30.0 Å². The Bertz CT molecular complexity index is 981. The Morgan fingerprint density at radius 2 is 2.16 bits per heavy atom. The van der Waals surface area contributed by atoms with Crippen molar-refractivity contribution in [3.63, 3.8) is 0 Å². The highest BCUT2D eigenvalue weighted by molar-refractivity contribution is 5.83. The first kappa shape index (κ1) is 22.4. The lowest BCUT2D eigenvalue weighted by Crippen LogP contribution is -2.30. The summed E-state index contributed by atoms with van der Waals surface area (Å²) < 4.78 is 10.5. The van der Waals surface area contributed by atoms with Crippen LogP contribution in [0.25, 0.3) is 10.9 Å². The molecular formula is C25H31N3O3. The molecule has 0 spiro atoms. The summed E-state index contributed by atoms with van der Waals surface area (Å²) >= 11 is 0. The third-order valence-corrected chi connectivity index (χ3v) is 5.38. The number of likely N-dealkylation sites (tertiary alicyclic amines) is 1. The van der Waals surface area contributed by atoms with Crippen molar-refractivity contribution in [2.75, 3.05) is 38.8 Å². The summed E-state index contributed by atoms with van der Waals surface area (Å²) in [6, 6.07) is 10.3. The summed E-state index contributed by atoms with van der Waals surface area (Å²) in [6.45, 7) is 4.42. The molecule has 0 atom stereocenters. The second-order valence-corrected chi connectivity index (χ2v) is 7.37. The molecule has 6 heteroatoms. The lowest BCUT2D eigenvalue weighted by molar-refractivity contribution is -0.127. The maximum Gasteiger partial charge on any atom is 0.222 e. The van der Waals surface area contributed by atoms with Gasteiger partial charge in [-0.2, -0.15) is 0 Å². The standard InChI is InChI=1S/C25H31N3O3/c1-4-21(19-23(31-3)12-17-30-2)28(16-7-15-27-14-6-9-25(27)29)22-10-11-24-20(18-22)8-5-13-26-24/h4-5,8,10-13,17-19H,6-7,9,14-16H2,1-3H3/b17-12+,21-4+,23-19+. The van der Waals surface area contributed by atoms with Gasteiger partial charge in [-0.05, 0) is 44.0 Å². The number of allylic oxidation sites excluding steroid dienone is 3. The van der Waals surface area contributed by atoms with Crippen LogP contribution in [0.15, 0.2) is 72.5 Å². The van der Waals surface area contributed by atoms with Gasteiger partial charge < -0.3 is 19.3 Å². The maximum absolute atomic E-state index is 12.0. The fraction of sp³-hybridized carbons (Fsp3) is 0.360. The highest BCUT2D eigenvalue weighted by atomic mass is 16.5. The Morgan fingerprint density at radius 1 is 1.29 bits per heavy atom. The normalized spacial score (nSPS) is 15.2. The van der Waals surface area contributed by atoms with Crippen molar-refractivity contribution in [3.05, 3.63) is 72.5 Å². The maximum atomic E-state index is 12.0. The molecular weight excluding hydrogens is 390 g/mol. The average molecular weight is 422 g/mol. The summed E-state index contributed by atoms with van der Waals surface area (Å²) in [5.74, 6) is 0.956. The van der Waals surface area contributed by atoms with E-state index in [9.17, 15) is 4.79 Å². The number of aromatic nitrogens is 1. The van der Waals surface area contributed by atoms with E-state index in [0.717, 1.165) is 54.8 Å². The van der Waals surface area contributed by atoms with Gasteiger partial charge in [0.25, 0.3) is 0 Å². The van der Waals surface area contributed by atoms with Gasteiger partial charge in [0.1, 0.15) is 5.76 Å². The number of benzene rings is 1. The molecule has 2 aromatic rings. The van der Waals surface area contributed by atoms with Crippen molar-refractivity contribution in [1.82, 2.24) is 9.88 Å². The fourth-order valence-electron chi connectivity index (χ4n) is 3.77. The number of nitrogens with zero attached hydrogens (tertiary/aromatic N) is 3. The molecule has 31 heavy (non-hydrogen) atoms. The number of anilines is 1. The van der Waals surface area contributed by atoms with Gasteiger partial charge >= 0.3 is 0 Å². The van der Waals surface area contributed by atoms with Crippen LogP contribution >= 0.6 is 0 Å². The number of rotatable bonds is 10. The highest BCUT2D eigenvalue weighted by Gasteiger charge is 2.20. The van der Waals surface area contributed by atoms with E-state index in [-0.39, 0.29) is 5.91 Å². The van der Waals surface area contributed by atoms with Crippen LogP contribution in [0.1, 0.15) is 26.2 Å². The zero-order valence-electron chi connectivity index (χ0n) is 18.6. The molecule has 1 fully saturated rings. The van der Waals surface area contributed by atoms with Gasteiger partial charge in [0.2, 0.25) is 5.91 Å². The molecule has 1 saturated heterocycles. The molecule has 0 bridgehead atoms. The van der Waals surface area contributed by atoms with E-state index in [4.69, 9.17) is 9.47 Å². The topological polar surface area (TPSA) is 54.9 Å². The summed E-state index contributed by atoms with van der Waals surface area (Å²) in [6.07, 6.45) is 11.7. The molecule has 1 amide bonds. The van der Waals surface area contributed by atoms with Crippen molar-refractivity contribution in [2.45, 2.75) is 26.2 Å². The van der Waals surface area contributed by atoms with Crippen LogP contribution in [0, 0.1) is 0 Å². The van der Waals surface area contributed by atoms with Crippen LogP contribution in [0.5, 0.6) is 0 Å². The summed E-state index contributed by atoms with van der Waals surface area (Å²) in [5, 5.41) is 1.09. The first-order chi connectivity index (χ1) is 15.2. The molecule has 2 heterocycles. The average Bonchev–Trinajstić information content (AvgIpc) is 3.21. The van der Waals surface area contributed by atoms with Gasteiger partial charge in [-0.3, -0.25) is 9.78 Å². The molecule has 0 unspecified atom stereocenters. The van der Waals surface area contributed by atoms with Crippen LogP contribution in [0.4, 0.5) is 5.69 Å². The van der Waals surface area contributed by atoms with Gasteiger partial charge in [-0.15, -0.1) is 0 Å². The second kappa shape index (κ2) is 11.2. The molecule has 1 aliphatic heterocycles. The van der Waals surface area contributed by atoms with Crippen molar-refractivity contribution in [2.24, 2.45) is 0 Å². The molecule has 0 saturated carbocycles. The monoisotopic (exact) mass is 421 g/mol. The van der Waals surface area contributed by atoms with Crippen LogP contribution in [-0.4, -0.2) is 49.6 Å². The van der Waals surface area contributed by atoms with Crippen molar-refractivity contribution >= 4 is 22.5 Å². The molecule has 164 valence electrons. The third kappa shape index (κ3) is 5.87. The smallest absolute Gasteiger partial charge is 0.222 e. The minimum Gasteiger partial charge on any atom is -0.504 e. The van der Waals surface area contributed by atoms with E-state index >= 15 is 0 Å². The number of fused-ring (bicyclic) bond motifs is 1. The molecule has 3 rings (SSSR count). The van der Waals surface area contributed by atoms with Crippen LogP contribution < -0.4 is 4.90 Å². The Labute approximate surface area is 184 Å². The summed E-state index contributed by atoms with van der Waals surface area (Å²) in [7, 11) is 3.25. The first-order valence-corrected chi connectivity index (χ1v) is 10.7. The summed E-state index contributed by atoms with van der Waals surface area (Å²) in [5.41, 5.74) is 3.05. The molecule has 0 radical (unpaired) electrons. The number of ether oxygens (including phenoxy) is 2. The number of hydrogen-bond donors (Lipinski definition) is 0. The van der Waals surface area contributed by atoms with Crippen LogP contribution in [-0.2, 0) is 14.3 Å². The zero-order valence-corrected chi connectivity index (χ0v) is 18.6. The Morgan fingerprint density at radius 3 is 2.87 bits per heavy atom. The number of carbonyl (C=O) groups is 1. The van der Waals surface area contributed by atoms with Crippen LogP contribution in [0.2, 0.25) is 0 Å². The molecule has 0 N–H and O–H groups in total. The highest BCUT2D eigenvalue weighted by Crippen LogP contribution is 2.26. The first-order valence-electron chi connectivity index (χ1n) is 10.7. The third-order valence-electron chi connectivity index (χ3n) is 5.38. The number of amides is 1. The Kier molecular flexibility index (Phi) is 8.10. The van der Waals surface area contributed by atoms with Gasteiger partial charge in [0.05, 0.1) is 26.0 Å². The van der Waals surface area contributed by atoms with Crippen molar-refractivity contribution in [1.29, 1.82) is 0 Å². The predicted molar refractivity (Wildman–Crippen MR) is 125 cm³/mol. The van der Waals surface area contributed by atoms with Gasteiger partial charge in [0, 0.05) is 61.2 Å². The second-order valence-electron chi connectivity index (χ2n) is 7.37. The molecule has 1 aromatic carbocycles. The lowest BCUT2D eigenvalue weighted by Gasteiger charge is -2.28. The van der Waals surface area contributed by atoms with Crippen molar-refractivity contribution < 1.29 is 14.3 Å². The van der Waals surface area contributed by atoms with Crippen molar-refractivity contribution in [3.8, 4) is 0 Å². The van der Waals surface area contributed by atoms with E-state index in [0.29, 0.717) is 12.2 Å². The van der Waals surface area contributed by atoms with Gasteiger partial charge in [-0.1, -0.05) is 12.1 Å². The summed E-state index contributed by atoms with van der Waals surface area (Å²) in [4.78, 5) is 20.6. The minimum absolute atomic E-state index is 0.265. The molecule has 1 aromatic heterocycles. The largest absolute Gasteiger partial charge is 0.504 e.